The molecule has 1 aromatic carbocycles. The monoisotopic (exact) mass is 328 g/mol. The lowest BCUT2D eigenvalue weighted by molar-refractivity contribution is -0.117. The maximum atomic E-state index is 12.0. The Morgan fingerprint density at radius 1 is 1.33 bits per heavy atom. The van der Waals surface area contributed by atoms with Gasteiger partial charge in [0.1, 0.15) is 0 Å². The fourth-order valence-electron chi connectivity index (χ4n) is 2.74. The Bertz CT molecular complexity index is 438. The predicted octanol–water partition coefficient (Wildman–Crippen LogP) is 3.47. The molecular formula is C16H25ClN2OS. The summed E-state index contributed by atoms with van der Waals surface area (Å²) in [6.45, 7) is 0. The van der Waals surface area contributed by atoms with Crippen LogP contribution in [0.15, 0.2) is 24.3 Å². The third-order valence-electron chi connectivity index (χ3n) is 4.00. The molecule has 2 rings (SSSR count). The van der Waals surface area contributed by atoms with Crippen LogP contribution in [0.2, 0.25) is 0 Å². The van der Waals surface area contributed by atoms with E-state index < -0.39 is 0 Å². The normalized spacial score (nSPS) is 20.9. The largest absolute Gasteiger partial charge is 0.327 e. The van der Waals surface area contributed by atoms with Crippen molar-refractivity contribution < 1.29 is 4.79 Å². The lowest BCUT2D eigenvalue weighted by Gasteiger charge is -2.14. The van der Waals surface area contributed by atoms with Crippen LogP contribution < -0.4 is 11.1 Å². The quantitative estimate of drug-likeness (QED) is 0.840. The molecule has 1 amide bonds. The molecule has 1 aromatic rings. The van der Waals surface area contributed by atoms with E-state index in [1.54, 1.807) is 0 Å². The second-order valence-corrected chi connectivity index (χ2v) is 6.53. The summed E-state index contributed by atoms with van der Waals surface area (Å²) in [7, 11) is 0. The second-order valence-electron chi connectivity index (χ2n) is 5.55. The van der Waals surface area contributed by atoms with E-state index in [2.05, 4.69) is 23.7 Å². The first-order valence-electron chi connectivity index (χ1n) is 7.32. The van der Waals surface area contributed by atoms with E-state index in [4.69, 9.17) is 5.73 Å². The van der Waals surface area contributed by atoms with E-state index in [9.17, 15) is 4.79 Å². The van der Waals surface area contributed by atoms with Crippen molar-refractivity contribution in [3.8, 4) is 0 Å². The smallest absolute Gasteiger partial charge is 0.224 e. The highest BCUT2D eigenvalue weighted by Gasteiger charge is 2.25. The number of nitrogens with two attached hydrogens (primary N) is 1. The first-order valence-corrected chi connectivity index (χ1v) is 8.71. The van der Waals surface area contributed by atoms with E-state index >= 15 is 0 Å². The molecule has 1 saturated carbocycles. The number of amides is 1. The average molecular weight is 329 g/mol. The lowest BCUT2D eigenvalue weighted by Crippen LogP contribution is -2.28. The standard InChI is InChI=1S/C16H24N2OS.ClH/c1-20-10-9-12-5-7-14(8-6-12)18-16(19)11-13-3-2-4-15(13)17;/h5-8,13,15H,2-4,9-11,17H2,1H3,(H,18,19);1H/t13-,15+;/m0./s1. The summed E-state index contributed by atoms with van der Waals surface area (Å²) in [5.74, 6) is 1.57. The summed E-state index contributed by atoms with van der Waals surface area (Å²) in [6, 6.07) is 8.36. The van der Waals surface area contributed by atoms with Gasteiger partial charge in [-0.05, 0) is 54.9 Å². The molecule has 5 heteroatoms. The van der Waals surface area contributed by atoms with Crippen molar-refractivity contribution >= 4 is 35.8 Å². The summed E-state index contributed by atoms with van der Waals surface area (Å²) < 4.78 is 0. The van der Waals surface area contributed by atoms with Crippen LogP contribution in [0.5, 0.6) is 0 Å². The molecule has 3 nitrogen and oxygen atoms in total. The molecule has 0 unspecified atom stereocenters. The minimum atomic E-state index is 0. The average Bonchev–Trinajstić information content (AvgIpc) is 2.83. The number of hydrogen-bond donors (Lipinski definition) is 2. The van der Waals surface area contributed by atoms with Crippen molar-refractivity contribution in [3.05, 3.63) is 29.8 Å². The number of halogens is 1. The molecule has 118 valence electrons. The number of anilines is 1. The first kappa shape index (κ1) is 18.3. The zero-order valence-electron chi connectivity index (χ0n) is 12.5. The van der Waals surface area contributed by atoms with Gasteiger partial charge in [0.15, 0.2) is 0 Å². The van der Waals surface area contributed by atoms with Gasteiger partial charge in [-0.1, -0.05) is 18.6 Å². The number of aryl methyl sites for hydroxylation is 1. The Hall–Kier alpha value is -0.710. The molecule has 3 N–H and O–H groups in total. The van der Waals surface area contributed by atoms with Gasteiger partial charge in [-0.25, -0.2) is 0 Å². The molecule has 0 bridgehead atoms. The molecule has 0 spiro atoms. The Morgan fingerprint density at radius 2 is 2.05 bits per heavy atom. The maximum absolute atomic E-state index is 12.0. The van der Waals surface area contributed by atoms with Crippen LogP contribution >= 0.6 is 24.2 Å². The summed E-state index contributed by atoms with van der Waals surface area (Å²) in [4.78, 5) is 12.0. The molecular weight excluding hydrogens is 304 g/mol. The Kier molecular flexibility index (Phi) is 8.15. The van der Waals surface area contributed by atoms with Crippen LogP contribution in [-0.4, -0.2) is 24.0 Å². The summed E-state index contributed by atoms with van der Waals surface area (Å²) >= 11 is 1.85. The molecule has 1 fully saturated rings. The fraction of sp³-hybridized carbons (Fsp3) is 0.562. The fourth-order valence-corrected chi connectivity index (χ4v) is 3.18. The highest BCUT2D eigenvalue weighted by atomic mass is 35.5. The molecule has 2 atom stereocenters. The van der Waals surface area contributed by atoms with Gasteiger partial charge in [0.05, 0.1) is 0 Å². The van der Waals surface area contributed by atoms with E-state index in [1.807, 2.05) is 23.9 Å². The van der Waals surface area contributed by atoms with Gasteiger partial charge < -0.3 is 11.1 Å². The molecule has 21 heavy (non-hydrogen) atoms. The summed E-state index contributed by atoms with van der Waals surface area (Å²) in [6.07, 6.45) is 7.04. The SMILES string of the molecule is CSCCc1ccc(NC(=O)C[C@@H]2CCC[C@H]2N)cc1.Cl. The molecule has 1 aliphatic rings. The highest BCUT2D eigenvalue weighted by Crippen LogP contribution is 2.27. The molecule has 0 radical (unpaired) electrons. The van der Waals surface area contributed by atoms with Crippen molar-refractivity contribution in [2.75, 3.05) is 17.3 Å². The number of rotatable bonds is 6. The van der Waals surface area contributed by atoms with Crippen LogP contribution in [0.4, 0.5) is 5.69 Å². The third-order valence-corrected chi connectivity index (χ3v) is 4.61. The second kappa shape index (κ2) is 9.34. The topological polar surface area (TPSA) is 55.1 Å². The van der Waals surface area contributed by atoms with Gasteiger partial charge in [0, 0.05) is 18.2 Å². The lowest BCUT2D eigenvalue weighted by atomic mass is 10.00. The molecule has 0 aromatic heterocycles. The van der Waals surface area contributed by atoms with Crippen molar-refractivity contribution in [1.29, 1.82) is 0 Å². The summed E-state index contributed by atoms with van der Waals surface area (Å²) in [5.41, 5.74) is 8.20. The van der Waals surface area contributed by atoms with E-state index in [0.717, 1.165) is 37.1 Å². The third kappa shape index (κ3) is 5.89. The van der Waals surface area contributed by atoms with E-state index in [1.165, 1.54) is 5.56 Å². The summed E-state index contributed by atoms with van der Waals surface area (Å²) in [5, 5.41) is 2.97. The van der Waals surface area contributed by atoms with Crippen LogP contribution in [-0.2, 0) is 11.2 Å². The van der Waals surface area contributed by atoms with Gasteiger partial charge >= 0.3 is 0 Å². The van der Waals surface area contributed by atoms with Crippen LogP contribution in [0.25, 0.3) is 0 Å². The van der Waals surface area contributed by atoms with Gasteiger partial charge in [-0.3, -0.25) is 4.79 Å². The van der Waals surface area contributed by atoms with E-state index in [0.29, 0.717) is 12.3 Å². The molecule has 0 saturated heterocycles. The number of carbonyl (C=O) groups excluding carboxylic acids is 1. The minimum absolute atomic E-state index is 0. The zero-order valence-corrected chi connectivity index (χ0v) is 14.1. The maximum Gasteiger partial charge on any atom is 0.224 e. The first-order chi connectivity index (χ1) is 9.69. The Balaban J connectivity index is 0.00000220. The number of thioether (sulfide) groups is 1. The van der Waals surface area contributed by atoms with Crippen molar-refractivity contribution in [2.24, 2.45) is 11.7 Å². The van der Waals surface area contributed by atoms with Crippen molar-refractivity contribution in [1.82, 2.24) is 0 Å². The Labute approximate surface area is 137 Å². The van der Waals surface area contributed by atoms with Crippen molar-refractivity contribution in [2.45, 2.75) is 38.1 Å². The molecule has 1 aliphatic carbocycles. The zero-order chi connectivity index (χ0) is 14.4. The minimum Gasteiger partial charge on any atom is -0.327 e. The Morgan fingerprint density at radius 3 is 2.62 bits per heavy atom. The van der Waals surface area contributed by atoms with Crippen molar-refractivity contribution in [3.63, 3.8) is 0 Å². The van der Waals surface area contributed by atoms with Gasteiger partial charge in [-0.15, -0.1) is 12.4 Å². The number of carbonyl (C=O) groups is 1. The van der Waals surface area contributed by atoms with E-state index in [-0.39, 0.29) is 24.4 Å². The number of hydrogen-bond acceptors (Lipinski definition) is 3. The van der Waals surface area contributed by atoms with Gasteiger partial charge in [-0.2, -0.15) is 11.8 Å². The van der Waals surface area contributed by atoms with Crippen LogP contribution in [0, 0.1) is 5.92 Å². The van der Waals surface area contributed by atoms with Gasteiger partial charge in [0.2, 0.25) is 5.91 Å². The van der Waals surface area contributed by atoms with Gasteiger partial charge in [0.25, 0.3) is 0 Å². The number of nitrogens with one attached hydrogen (secondary N) is 1. The number of benzene rings is 1. The predicted molar refractivity (Wildman–Crippen MR) is 94.3 cm³/mol. The highest BCUT2D eigenvalue weighted by molar-refractivity contribution is 7.98. The molecule has 0 aliphatic heterocycles. The van der Waals surface area contributed by atoms with Crippen LogP contribution in [0.1, 0.15) is 31.2 Å². The van der Waals surface area contributed by atoms with Crippen LogP contribution in [0.3, 0.4) is 0 Å². The molecule has 0 heterocycles.